The Morgan fingerprint density at radius 2 is 2.00 bits per heavy atom. The summed E-state index contributed by atoms with van der Waals surface area (Å²) in [7, 11) is 0. The van der Waals surface area contributed by atoms with Crippen molar-refractivity contribution in [2.24, 2.45) is 4.99 Å². The van der Waals surface area contributed by atoms with Crippen molar-refractivity contribution in [3.63, 3.8) is 0 Å². The first-order valence-corrected chi connectivity index (χ1v) is 7.68. The van der Waals surface area contributed by atoms with Gasteiger partial charge in [-0.2, -0.15) is 0 Å². The van der Waals surface area contributed by atoms with E-state index in [2.05, 4.69) is 4.99 Å². The Labute approximate surface area is 130 Å². The normalized spacial score (nSPS) is 11.5. The first-order valence-electron chi connectivity index (χ1n) is 6.80. The maximum atomic E-state index is 13.7. The number of thiazole rings is 1. The molecule has 0 aliphatic heterocycles. The fourth-order valence-electron chi connectivity index (χ4n) is 1.67. The Bertz CT molecular complexity index is 764. The Morgan fingerprint density at radius 3 is 2.64 bits per heavy atom. The lowest BCUT2D eigenvalue weighted by atomic mass is 10.3. The molecular weight excluding hydrogens is 307 g/mol. The van der Waals surface area contributed by atoms with Crippen molar-refractivity contribution >= 4 is 28.9 Å². The predicted molar refractivity (Wildman–Crippen MR) is 80.8 cm³/mol. The van der Waals surface area contributed by atoms with Gasteiger partial charge in [0.05, 0.1) is 5.38 Å². The SMILES string of the molecule is CCC(=O)Oc1csc(=Nc2ccccc2F)n1C(=O)CC. The number of halogens is 1. The molecule has 1 aromatic carbocycles. The van der Waals surface area contributed by atoms with Gasteiger partial charge in [0.25, 0.3) is 0 Å². The molecule has 0 bridgehead atoms. The van der Waals surface area contributed by atoms with E-state index in [9.17, 15) is 14.0 Å². The number of carbonyl (C=O) groups is 2. The van der Waals surface area contributed by atoms with Gasteiger partial charge in [-0.25, -0.2) is 13.9 Å². The predicted octanol–water partition coefficient (Wildman–Crippen LogP) is 3.29. The summed E-state index contributed by atoms with van der Waals surface area (Å²) in [5.41, 5.74) is 0.121. The third-order valence-corrected chi connectivity index (χ3v) is 3.61. The van der Waals surface area contributed by atoms with Crippen molar-refractivity contribution in [1.29, 1.82) is 0 Å². The summed E-state index contributed by atoms with van der Waals surface area (Å²) in [6, 6.07) is 6.01. The number of para-hydroxylation sites is 1. The van der Waals surface area contributed by atoms with Crippen LogP contribution in [0.1, 0.15) is 31.5 Å². The van der Waals surface area contributed by atoms with Crippen LogP contribution in [0.25, 0.3) is 0 Å². The number of esters is 1. The van der Waals surface area contributed by atoms with Crippen LogP contribution in [0, 0.1) is 5.82 Å². The fourth-order valence-corrected chi connectivity index (χ4v) is 2.48. The highest BCUT2D eigenvalue weighted by Crippen LogP contribution is 2.18. The Kier molecular flexibility index (Phi) is 5.21. The fraction of sp³-hybridized carbons (Fsp3) is 0.267. The van der Waals surface area contributed by atoms with Gasteiger partial charge in [0.1, 0.15) is 11.5 Å². The van der Waals surface area contributed by atoms with Crippen molar-refractivity contribution in [2.75, 3.05) is 0 Å². The molecule has 1 heterocycles. The molecule has 0 amide bonds. The summed E-state index contributed by atoms with van der Waals surface area (Å²) < 4.78 is 20.0. The number of aromatic nitrogens is 1. The first-order chi connectivity index (χ1) is 10.6. The topological polar surface area (TPSA) is 60.7 Å². The van der Waals surface area contributed by atoms with Gasteiger partial charge < -0.3 is 4.74 Å². The molecule has 7 heteroatoms. The van der Waals surface area contributed by atoms with Crippen LogP contribution in [0.4, 0.5) is 10.1 Å². The van der Waals surface area contributed by atoms with E-state index in [4.69, 9.17) is 4.74 Å². The van der Waals surface area contributed by atoms with Crippen LogP contribution in [0.15, 0.2) is 34.6 Å². The van der Waals surface area contributed by atoms with Crippen LogP contribution >= 0.6 is 11.3 Å². The summed E-state index contributed by atoms with van der Waals surface area (Å²) in [6.45, 7) is 3.34. The van der Waals surface area contributed by atoms with E-state index in [1.165, 1.54) is 22.1 Å². The van der Waals surface area contributed by atoms with Crippen LogP contribution < -0.4 is 9.54 Å². The Morgan fingerprint density at radius 1 is 1.27 bits per heavy atom. The second kappa shape index (κ2) is 7.13. The molecule has 116 valence electrons. The standard InChI is InChI=1S/C15H15FN2O3S/c1-3-12(19)18-13(21-14(20)4-2)9-22-15(18)17-11-8-6-5-7-10(11)16/h5-9H,3-4H2,1-2H3. The van der Waals surface area contributed by atoms with E-state index < -0.39 is 11.8 Å². The number of hydrogen-bond acceptors (Lipinski definition) is 5. The van der Waals surface area contributed by atoms with Crippen LogP contribution in [0.3, 0.4) is 0 Å². The number of carbonyl (C=O) groups excluding carboxylic acids is 2. The molecule has 0 fully saturated rings. The first kappa shape index (κ1) is 16.1. The Hall–Kier alpha value is -2.28. The molecule has 0 unspecified atom stereocenters. The van der Waals surface area contributed by atoms with Crippen LogP contribution in [0.5, 0.6) is 5.88 Å². The number of rotatable bonds is 4. The van der Waals surface area contributed by atoms with E-state index >= 15 is 0 Å². The molecule has 0 saturated carbocycles. The molecule has 0 aliphatic rings. The number of ether oxygens (including phenoxy) is 1. The van der Waals surface area contributed by atoms with Crippen molar-refractivity contribution < 1.29 is 18.7 Å². The third kappa shape index (κ3) is 3.48. The molecule has 2 rings (SSSR count). The molecule has 22 heavy (non-hydrogen) atoms. The minimum absolute atomic E-state index is 0.110. The summed E-state index contributed by atoms with van der Waals surface area (Å²) in [4.78, 5) is 27.9. The van der Waals surface area contributed by atoms with Gasteiger partial charge in [-0.05, 0) is 12.1 Å². The van der Waals surface area contributed by atoms with Crippen LogP contribution in [0.2, 0.25) is 0 Å². The molecule has 0 atom stereocenters. The number of nitrogens with zero attached hydrogens (tertiary/aromatic N) is 2. The lowest BCUT2D eigenvalue weighted by Gasteiger charge is -2.06. The van der Waals surface area contributed by atoms with Gasteiger partial charge in [-0.3, -0.25) is 9.59 Å². The van der Waals surface area contributed by atoms with Gasteiger partial charge in [0.2, 0.25) is 11.8 Å². The minimum atomic E-state index is -0.487. The van der Waals surface area contributed by atoms with Gasteiger partial charge in [0, 0.05) is 12.8 Å². The zero-order valence-electron chi connectivity index (χ0n) is 12.2. The number of benzene rings is 1. The quantitative estimate of drug-likeness (QED) is 0.812. The van der Waals surface area contributed by atoms with Crippen molar-refractivity contribution in [3.05, 3.63) is 40.3 Å². The summed E-state index contributed by atoms with van der Waals surface area (Å²) in [5, 5.41) is 1.51. The summed E-state index contributed by atoms with van der Waals surface area (Å²) in [6.07, 6.45) is 0.397. The largest absolute Gasteiger partial charge is 0.408 e. The van der Waals surface area contributed by atoms with E-state index in [-0.39, 0.29) is 35.1 Å². The second-order valence-electron chi connectivity index (χ2n) is 4.33. The highest BCUT2D eigenvalue weighted by Gasteiger charge is 2.15. The summed E-state index contributed by atoms with van der Waals surface area (Å²) >= 11 is 1.11. The molecule has 0 N–H and O–H groups in total. The molecular formula is C15H15FN2O3S. The lowest BCUT2D eigenvalue weighted by Crippen LogP contribution is -2.24. The van der Waals surface area contributed by atoms with Gasteiger partial charge >= 0.3 is 5.97 Å². The molecule has 0 aliphatic carbocycles. The van der Waals surface area contributed by atoms with Gasteiger partial charge in [0.15, 0.2) is 4.80 Å². The van der Waals surface area contributed by atoms with E-state index in [0.717, 1.165) is 11.3 Å². The highest BCUT2D eigenvalue weighted by atomic mass is 32.1. The smallest absolute Gasteiger partial charge is 0.312 e. The average molecular weight is 322 g/mol. The van der Waals surface area contributed by atoms with E-state index in [1.807, 2.05) is 0 Å². The number of hydrogen-bond donors (Lipinski definition) is 0. The Balaban J connectivity index is 2.55. The van der Waals surface area contributed by atoms with Gasteiger partial charge in [-0.15, -0.1) is 11.3 Å². The molecule has 0 saturated heterocycles. The van der Waals surface area contributed by atoms with E-state index in [0.29, 0.717) is 0 Å². The minimum Gasteiger partial charge on any atom is -0.408 e. The lowest BCUT2D eigenvalue weighted by molar-refractivity contribution is -0.134. The van der Waals surface area contributed by atoms with Crippen molar-refractivity contribution in [3.8, 4) is 5.88 Å². The zero-order chi connectivity index (χ0) is 16.1. The second-order valence-corrected chi connectivity index (χ2v) is 5.17. The monoisotopic (exact) mass is 322 g/mol. The van der Waals surface area contributed by atoms with E-state index in [1.54, 1.807) is 26.0 Å². The highest BCUT2D eigenvalue weighted by molar-refractivity contribution is 7.07. The third-order valence-electron chi connectivity index (χ3n) is 2.80. The summed E-state index contributed by atoms with van der Waals surface area (Å²) in [5.74, 6) is -1.11. The maximum absolute atomic E-state index is 13.7. The van der Waals surface area contributed by atoms with Crippen LogP contribution in [-0.2, 0) is 4.79 Å². The average Bonchev–Trinajstić information content (AvgIpc) is 2.91. The van der Waals surface area contributed by atoms with Crippen molar-refractivity contribution in [2.45, 2.75) is 26.7 Å². The molecule has 5 nitrogen and oxygen atoms in total. The molecule has 0 radical (unpaired) electrons. The van der Waals surface area contributed by atoms with Crippen molar-refractivity contribution in [1.82, 2.24) is 4.57 Å². The molecule has 1 aromatic heterocycles. The van der Waals surface area contributed by atoms with Crippen LogP contribution in [-0.4, -0.2) is 16.4 Å². The maximum Gasteiger partial charge on any atom is 0.312 e. The zero-order valence-corrected chi connectivity index (χ0v) is 13.0. The molecule has 2 aromatic rings. The molecule has 0 spiro atoms. The van der Waals surface area contributed by atoms with Gasteiger partial charge in [-0.1, -0.05) is 26.0 Å².